The third kappa shape index (κ3) is 8.85. The first-order chi connectivity index (χ1) is 16.4. The van der Waals surface area contributed by atoms with Gasteiger partial charge in [-0.2, -0.15) is 13.7 Å². The molecule has 7 nitrogen and oxygen atoms in total. The second kappa shape index (κ2) is 12.5. The van der Waals surface area contributed by atoms with Crippen molar-refractivity contribution in [2.45, 2.75) is 18.2 Å². The molecule has 184 valence electrons. The molecule has 0 aromatic heterocycles. The predicted octanol–water partition coefficient (Wildman–Crippen LogP) is 5.95. The molecule has 0 fully saturated rings. The molecule has 2 amide bonds. The third-order valence-corrected chi connectivity index (χ3v) is 6.14. The van der Waals surface area contributed by atoms with Crippen molar-refractivity contribution in [1.82, 2.24) is 4.90 Å². The van der Waals surface area contributed by atoms with E-state index >= 15 is 0 Å². The Labute approximate surface area is 213 Å². The van der Waals surface area contributed by atoms with E-state index in [0.29, 0.717) is 24.2 Å². The molecular formula is C24H22Cl2FN3O4S. The highest BCUT2D eigenvalue weighted by Crippen LogP contribution is 2.27. The Bertz CT molecular complexity index is 1300. The van der Waals surface area contributed by atoms with Gasteiger partial charge in [-0.1, -0.05) is 53.0 Å². The van der Waals surface area contributed by atoms with Gasteiger partial charge in [0, 0.05) is 19.3 Å². The van der Waals surface area contributed by atoms with Crippen LogP contribution in [0.3, 0.4) is 0 Å². The molecule has 0 saturated heterocycles. The minimum Gasteiger partial charge on any atom is -0.327 e. The van der Waals surface area contributed by atoms with Gasteiger partial charge in [0.15, 0.2) is 5.82 Å². The number of aryl methyl sites for hydroxylation is 1. The van der Waals surface area contributed by atoms with Crippen molar-refractivity contribution >= 4 is 45.0 Å². The lowest BCUT2D eigenvalue weighted by atomic mass is 10.1. The minimum absolute atomic E-state index is 0.0666. The summed E-state index contributed by atoms with van der Waals surface area (Å²) in [6.07, 6.45) is 0.639. The van der Waals surface area contributed by atoms with E-state index in [2.05, 4.69) is 11.4 Å². The molecule has 2 N–H and O–H groups in total. The van der Waals surface area contributed by atoms with Crippen LogP contribution in [0, 0.1) is 24.1 Å². The molecule has 0 atom stereocenters. The number of halogens is 3. The number of nitriles is 1. The highest BCUT2D eigenvalue weighted by atomic mass is 35.5. The van der Waals surface area contributed by atoms with E-state index < -0.39 is 15.9 Å². The van der Waals surface area contributed by atoms with E-state index in [-0.39, 0.29) is 21.0 Å². The summed E-state index contributed by atoms with van der Waals surface area (Å²) in [5, 5.41) is 11.1. The molecular weight excluding hydrogens is 516 g/mol. The fourth-order valence-electron chi connectivity index (χ4n) is 2.70. The van der Waals surface area contributed by atoms with Gasteiger partial charge >= 0.3 is 6.03 Å². The number of nitrogens with zero attached hydrogens (tertiary/aromatic N) is 2. The van der Waals surface area contributed by atoms with E-state index in [1.54, 1.807) is 31.3 Å². The SMILES string of the molecule is CN(CCc1ccc(C#N)cc1)C(=O)Nc1cc(Cl)c(F)c(Cl)c1.Cc1ccc(S(=O)(=O)O)cc1. The lowest BCUT2D eigenvalue weighted by molar-refractivity contribution is 0.223. The van der Waals surface area contributed by atoms with Crippen LogP contribution < -0.4 is 5.32 Å². The summed E-state index contributed by atoms with van der Waals surface area (Å²) in [5.74, 6) is -0.717. The fraction of sp³-hybridized carbons (Fsp3) is 0.167. The van der Waals surface area contributed by atoms with E-state index in [4.69, 9.17) is 33.0 Å². The van der Waals surface area contributed by atoms with Crippen molar-refractivity contribution in [3.63, 3.8) is 0 Å². The molecule has 3 aromatic carbocycles. The second-order valence-electron chi connectivity index (χ2n) is 7.45. The van der Waals surface area contributed by atoms with Gasteiger partial charge in [0.1, 0.15) is 0 Å². The monoisotopic (exact) mass is 537 g/mol. The lowest BCUT2D eigenvalue weighted by Crippen LogP contribution is -2.33. The number of rotatable bonds is 5. The summed E-state index contributed by atoms with van der Waals surface area (Å²) in [6, 6.07) is 17.5. The van der Waals surface area contributed by atoms with Crippen LogP contribution in [-0.2, 0) is 16.5 Å². The zero-order chi connectivity index (χ0) is 26.2. The van der Waals surface area contributed by atoms with Crippen LogP contribution in [0.25, 0.3) is 0 Å². The van der Waals surface area contributed by atoms with Crippen LogP contribution in [0.2, 0.25) is 10.0 Å². The van der Waals surface area contributed by atoms with Crippen LogP contribution in [0.4, 0.5) is 14.9 Å². The maximum Gasteiger partial charge on any atom is 0.321 e. The average Bonchev–Trinajstić information content (AvgIpc) is 2.81. The zero-order valence-electron chi connectivity index (χ0n) is 18.8. The van der Waals surface area contributed by atoms with Gasteiger partial charge in [-0.05, 0) is 55.3 Å². The zero-order valence-corrected chi connectivity index (χ0v) is 21.1. The number of hydrogen-bond donors (Lipinski definition) is 2. The molecule has 0 bridgehead atoms. The number of hydrogen-bond acceptors (Lipinski definition) is 4. The van der Waals surface area contributed by atoms with Gasteiger partial charge in [0.25, 0.3) is 10.1 Å². The summed E-state index contributed by atoms with van der Waals surface area (Å²) >= 11 is 11.4. The molecule has 0 spiro atoms. The molecule has 0 radical (unpaired) electrons. The predicted molar refractivity (Wildman–Crippen MR) is 134 cm³/mol. The van der Waals surface area contributed by atoms with Gasteiger partial charge in [0.05, 0.1) is 26.6 Å². The smallest absolute Gasteiger partial charge is 0.321 e. The standard InChI is InChI=1S/C17H14Cl2FN3O.C7H8O3S/c1-23(7-6-11-2-4-12(10-21)5-3-11)17(24)22-13-8-14(18)16(20)15(19)9-13;1-6-2-4-7(5-3-6)11(8,9)10/h2-5,8-9H,6-7H2,1H3,(H,22,24);2-5H,1H3,(H,8,9,10). The lowest BCUT2D eigenvalue weighted by Gasteiger charge is -2.18. The molecule has 3 aromatic rings. The number of carbonyl (C=O) groups excluding carboxylic acids is 1. The Balaban J connectivity index is 0.000000328. The molecule has 0 aliphatic heterocycles. The average molecular weight is 538 g/mol. The summed E-state index contributed by atoms with van der Waals surface area (Å²) in [6.45, 7) is 2.31. The van der Waals surface area contributed by atoms with Crippen LogP contribution in [0.5, 0.6) is 0 Å². The van der Waals surface area contributed by atoms with Gasteiger partial charge in [-0.3, -0.25) is 4.55 Å². The Kier molecular flexibility index (Phi) is 10.0. The van der Waals surface area contributed by atoms with Crippen molar-refractivity contribution in [3.05, 3.63) is 93.2 Å². The Morgan fingerprint density at radius 1 is 1.09 bits per heavy atom. The largest absolute Gasteiger partial charge is 0.327 e. The van der Waals surface area contributed by atoms with E-state index in [1.165, 1.54) is 29.2 Å². The molecule has 0 saturated carbocycles. The Hall–Kier alpha value is -3.16. The van der Waals surface area contributed by atoms with Crippen LogP contribution in [-0.4, -0.2) is 37.5 Å². The van der Waals surface area contributed by atoms with Gasteiger partial charge in [-0.25, -0.2) is 9.18 Å². The number of urea groups is 1. The number of amides is 2. The Morgan fingerprint density at radius 2 is 1.63 bits per heavy atom. The molecule has 0 unspecified atom stereocenters. The van der Waals surface area contributed by atoms with E-state index in [0.717, 1.165) is 11.1 Å². The number of nitrogens with one attached hydrogen (secondary N) is 1. The van der Waals surface area contributed by atoms with Crippen LogP contribution in [0.1, 0.15) is 16.7 Å². The first kappa shape index (κ1) is 28.1. The number of carbonyl (C=O) groups is 1. The van der Waals surface area contributed by atoms with Crippen molar-refractivity contribution in [2.24, 2.45) is 0 Å². The van der Waals surface area contributed by atoms with Crippen molar-refractivity contribution < 1.29 is 22.2 Å². The highest BCUT2D eigenvalue weighted by molar-refractivity contribution is 7.85. The molecule has 3 rings (SSSR count). The third-order valence-electron chi connectivity index (χ3n) is 4.72. The summed E-state index contributed by atoms with van der Waals surface area (Å²) in [7, 11) is -2.38. The maximum absolute atomic E-state index is 13.4. The minimum atomic E-state index is -4.02. The molecule has 35 heavy (non-hydrogen) atoms. The molecule has 0 aliphatic carbocycles. The topological polar surface area (TPSA) is 111 Å². The maximum atomic E-state index is 13.4. The first-order valence-electron chi connectivity index (χ1n) is 10.1. The van der Waals surface area contributed by atoms with Gasteiger partial charge < -0.3 is 10.2 Å². The quantitative estimate of drug-likeness (QED) is 0.308. The van der Waals surface area contributed by atoms with Crippen LogP contribution in [0.15, 0.2) is 65.6 Å². The number of anilines is 1. The van der Waals surface area contributed by atoms with Crippen molar-refractivity contribution in [3.8, 4) is 6.07 Å². The summed E-state index contributed by atoms with van der Waals surface area (Å²) in [5.41, 5.74) is 2.88. The van der Waals surface area contributed by atoms with Crippen molar-refractivity contribution in [1.29, 1.82) is 5.26 Å². The number of benzene rings is 3. The fourth-order valence-corrected chi connectivity index (χ4v) is 3.67. The van der Waals surface area contributed by atoms with Crippen molar-refractivity contribution in [2.75, 3.05) is 18.9 Å². The summed E-state index contributed by atoms with van der Waals surface area (Å²) in [4.78, 5) is 13.6. The van der Waals surface area contributed by atoms with Gasteiger partial charge in [-0.15, -0.1) is 0 Å². The van der Waals surface area contributed by atoms with E-state index in [1.807, 2.05) is 19.1 Å². The van der Waals surface area contributed by atoms with Gasteiger partial charge in [0.2, 0.25) is 0 Å². The summed E-state index contributed by atoms with van der Waals surface area (Å²) < 4.78 is 42.9. The molecule has 0 aliphatic rings. The normalized spacial score (nSPS) is 10.5. The highest BCUT2D eigenvalue weighted by Gasteiger charge is 2.12. The molecule has 11 heteroatoms. The van der Waals surface area contributed by atoms with E-state index in [9.17, 15) is 17.6 Å². The Morgan fingerprint density at radius 3 is 2.11 bits per heavy atom. The number of likely N-dealkylation sites (N-methyl/N-ethyl adjacent to an activating group) is 1. The molecule has 0 heterocycles. The first-order valence-corrected chi connectivity index (χ1v) is 12.3. The second-order valence-corrected chi connectivity index (χ2v) is 9.69. The van der Waals surface area contributed by atoms with Crippen LogP contribution >= 0.6 is 23.2 Å².